The van der Waals surface area contributed by atoms with E-state index in [2.05, 4.69) is 27.3 Å². The molecular weight excluding hydrogens is 370 g/mol. The zero-order valence-corrected chi connectivity index (χ0v) is 16.7. The third-order valence-corrected chi connectivity index (χ3v) is 5.82. The van der Waals surface area contributed by atoms with Crippen molar-refractivity contribution in [2.24, 2.45) is 0 Å². The number of benzene rings is 1. The van der Waals surface area contributed by atoms with Crippen molar-refractivity contribution >= 4 is 28.9 Å². The van der Waals surface area contributed by atoms with Crippen LogP contribution in [0.25, 0.3) is 10.6 Å². The molecule has 3 heterocycles. The summed E-state index contributed by atoms with van der Waals surface area (Å²) >= 11 is 1.66. The summed E-state index contributed by atoms with van der Waals surface area (Å²) in [5, 5.41) is 13.7. The van der Waals surface area contributed by atoms with E-state index in [4.69, 9.17) is 0 Å². The molecule has 0 spiro atoms. The predicted molar refractivity (Wildman–Crippen MR) is 114 cm³/mol. The molecule has 28 heavy (non-hydrogen) atoms. The summed E-state index contributed by atoms with van der Waals surface area (Å²) in [6, 6.07) is 16.0. The van der Waals surface area contributed by atoms with Gasteiger partial charge in [0.25, 0.3) is 0 Å². The zero-order chi connectivity index (χ0) is 19.3. The lowest BCUT2D eigenvalue weighted by Gasteiger charge is -2.35. The van der Waals surface area contributed by atoms with Gasteiger partial charge in [-0.1, -0.05) is 25.1 Å². The molecule has 1 aliphatic rings. The van der Waals surface area contributed by atoms with E-state index in [1.165, 1.54) is 5.56 Å². The Morgan fingerprint density at radius 3 is 2.43 bits per heavy atom. The van der Waals surface area contributed by atoms with Gasteiger partial charge in [-0.05, 0) is 47.7 Å². The highest BCUT2D eigenvalue weighted by atomic mass is 32.1. The number of carbonyl (C=O) groups is 1. The van der Waals surface area contributed by atoms with Crippen molar-refractivity contribution in [1.29, 1.82) is 0 Å². The molecule has 2 aromatic heterocycles. The summed E-state index contributed by atoms with van der Waals surface area (Å²) in [4.78, 5) is 17.6. The van der Waals surface area contributed by atoms with E-state index in [-0.39, 0.29) is 6.03 Å². The van der Waals surface area contributed by atoms with Crippen LogP contribution >= 0.6 is 11.3 Å². The van der Waals surface area contributed by atoms with E-state index in [0.29, 0.717) is 13.1 Å². The summed E-state index contributed by atoms with van der Waals surface area (Å²) in [5.74, 6) is 0.857. The van der Waals surface area contributed by atoms with E-state index in [9.17, 15) is 4.79 Å². The average Bonchev–Trinajstić information content (AvgIpc) is 3.29. The Bertz CT molecular complexity index is 901. The van der Waals surface area contributed by atoms with Gasteiger partial charge in [-0.2, -0.15) is 0 Å². The molecular formula is C21H23N5OS. The van der Waals surface area contributed by atoms with Gasteiger partial charge >= 0.3 is 6.03 Å². The Balaban J connectivity index is 1.31. The summed E-state index contributed by atoms with van der Waals surface area (Å²) in [6.07, 6.45) is 0.993. The molecule has 0 radical (unpaired) electrons. The van der Waals surface area contributed by atoms with Crippen LogP contribution in [0.2, 0.25) is 0 Å². The van der Waals surface area contributed by atoms with Gasteiger partial charge in [-0.3, -0.25) is 0 Å². The number of amides is 2. The molecule has 1 N–H and O–H groups in total. The highest BCUT2D eigenvalue weighted by Crippen LogP contribution is 2.23. The zero-order valence-electron chi connectivity index (χ0n) is 15.8. The van der Waals surface area contributed by atoms with Gasteiger partial charge in [0.2, 0.25) is 0 Å². The first-order chi connectivity index (χ1) is 13.7. The fourth-order valence-electron chi connectivity index (χ4n) is 3.21. The number of urea groups is 1. The number of thiophene rings is 1. The fourth-order valence-corrected chi connectivity index (χ4v) is 3.91. The minimum Gasteiger partial charge on any atom is -0.352 e. The maximum absolute atomic E-state index is 12.5. The second-order valence-corrected chi connectivity index (χ2v) is 7.66. The molecule has 3 aromatic rings. The molecule has 0 atom stereocenters. The topological polar surface area (TPSA) is 61.4 Å². The highest BCUT2D eigenvalue weighted by Gasteiger charge is 2.22. The Kier molecular flexibility index (Phi) is 5.53. The largest absolute Gasteiger partial charge is 0.352 e. The van der Waals surface area contributed by atoms with E-state index < -0.39 is 0 Å². The fraction of sp³-hybridized carbons (Fsp3) is 0.286. The molecule has 0 aliphatic carbocycles. The van der Waals surface area contributed by atoms with Crippen LogP contribution in [0.1, 0.15) is 12.5 Å². The molecule has 7 heteroatoms. The number of hydrogen-bond donors (Lipinski definition) is 1. The van der Waals surface area contributed by atoms with E-state index in [0.717, 1.165) is 41.6 Å². The third kappa shape index (κ3) is 4.14. The number of piperazine rings is 1. The Morgan fingerprint density at radius 1 is 1.04 bits per heavy atom. The van der Waals surface area contributed by atoms with Crippen molar-refractivity contribution in [2.75, 3.05) is 36.4 Å². The van der Waals surface area contributed by atoms with Crippen molar-refractivity contribution in [3.05, 3.63) is 59.5 Å². The SMILES string of the molecule is CCc1ccc(NC(=O)N2CCN(c3ccc(-c4cccs4)nn3)CC2)cc1. The normalized spacial score (nSPS) is 14.2. The first kappa shape index (κ1) is 18.4. The highest BCUT2D eigenvalue weighted by molar-refractivity contribution is 7.13. The predicted octanol–water partition coefficient (Wildman–Crippen LogP) is 4.12. The Morgan fingerprint density at radius 2 is 1.82 bits per heavy atom. The second kappa shape index (κ2) is 8.39. The van der Waals surface area contributed by atoms with Gasteiger partial charge < -0.3 is 15.1 Å². The number of rotatable bonds is 4. The van der Waals surface area contributed by atoms with Crippen LogP contribution in [-0.4, -0.2) is 47.3 Å². The lowest BCUT2D eigenvalue weighted by Crippen LogP contribution is -2.50. The molecule has 1 aliphatic heterocycles. The lowest BCUT2D eigenvalue weighted by atomic mass is 10.1. The molecule has 0 saturated carbocycles. The van der Waals surface area contributed by atoms with Crippen LogP contribution in [0, 0.1) is 0 Å². The van der Waals surface area contributed by atoms with Crippen molar-refractivity contribution in [3.8, 4) is 10.6 Å². The maximum Gasteiger partial charge on any atom is 0.321 e. The second-order valence-electron chi connectivity index (χ2n) is 6.71. The van der Waals surface area contributed by atoms with E-state index in [1.807, 2.05) is 58.8 Å². The van der Waals surface area contributed by atoms with Gasteiger partial charge in [0.15, 0.2) is 5.82 Å². The molecule has 4 rings (SSSR count). The van der Waals surface area contributed by atoms with Crippen molar-refractivity contribution < 1.29 is 4.79 Å². The van der Waals surface area contributed by atoms with Crippen LogP contribution < -0.4 is 10.2 Å². The standard InChI is InChI=1S/C21H23N5OS/c1-2-16-5-7-17(8-6-16)22-21(27)26-13-11-25(12-14-26)20-10-9-18(23-24-20)19-4-3-15-28-19/h3-10,15H,2,11-14H2,1H3,(H,22,27). The lowest BCUT2D eigenvalue weighted by molar-refractivity contribution is 0.208. The quantitative estimate of drug-likeness (QED) is 0.724. The van der Waals surface area contributed by atoms with Gasteiger partial charge in [0.1, 0.15) is 5.69 Å². The molecule has 6 nitrogen and oxygen atoms in total. The number of anilines is 2. The molecule has 2 amide bonds. The number of aromatic nitrogens is 2. The summed E-state index contributed by atoms with van der Waals surface area (Å²) in [5.41, 5.74) is 2.99. The van der Waals surface area contributed by atoms with Gasteiger partial charge in [-0.15, -0.1) is 21.5 Å². The molecule has 1 saturated heterocycles. The molecule has 0 unspecified atom stereocenters. The van der Waals surface area contributed by atoms with Crippen LogP contribution in [0.3, 0.4) is 0 Å². The van der Waals surface area contributed by atoms with Gasteiger partial charge in [0, 0.05) is 31.9 Å². The van der Waals surface area contributed by atoms with Gasteiger partial charge in [-0.25, -0.2) is 4.79 Å². The molecule has 1 fully saturated rings. The average molecular weight is 394 g/mol. The molecule has 1 aromatic carbocycles. The van der Waals surface area contributed by atoms with Crippen LogP contribution in [-0.2, 0) is 6.42 Å². The number of nitrogens with zero attached hydrogens (tertiary/aromatic N) is 4. The molecule has 144 valence electrons. The first-order valence-corrected chi connectivity index (χ1v) is 10.4. The summed E-state index contributed by atoms with van der Waals surface area (Å²) < 4.78 is 0. The van der Waals surface area contributed by atoms with E-state index in [1.54, 1.807) is 11.3 Å². The Hall–Kier alpha value is -2.93. The number of carbonyl (C=O) groups excluding carboxylic acids is 1. The van der Waals surface area contributed by atoms with Crippen LogP contribution in [0.4, 0.5) is 16.3 Å². The smallest absolute Gasteiger partial charge is 0.321 e. The number of aryl methyl sites for hydroxylation is 1. The van der Waals surface area contributed by atoms with Gasteiger partial charge in [0.05, 0.1) is 4.88 Å². The van der Waals surface area contributed by atoms with Crippen LogP contribution in [0.15, 0.2) is 53.9 Å². The monoisotopic (exact) mass is 393 g/mol. The Labute approximate surface area is 168 Å². The minimum absolute atomic E-state index is 0.0528. The van der Waals surface area contributed by atoms with Crippen molar-refractivity contribution in [3.63, 3.8) is 0 Å². The van der Waals surface area contributed by atoms with E-state index >= 15 is 0 Å². The number of nitrogens with one attached hydrogen (secondary N) is 1. The maximum atomic E-state index is 12.5. The number of hydrogen-bond acceptors (Lipinski definition) is 5. The van der Waals surface area contributed by atoms with Crippen LogP contribution in [0.5, 0.6) is 0 Å². The van der Waals surface area contributed by atoms with Crippen molar-refractivity contribution in [1.82, 2.24) is 15.1 Å². The van der Waals surface area contributed by atoms with Crippen molar-refractivity contribution in [2.45, 2.75) is 13.3 Å². The third-order valence-electron chi connectivity index (χ3n) is 4.93. The molecule has 0 bridgehead atoms. The summed E-state index contributed by atoms with van der Waals surface area (Å²) in [7, 11) is 0. The summed E-state index contributed by atoms with van der Waals surface area (Å²) in [6.45, 7) is 4.93. The minimum atomic E-state index is -0.0528. The first-order valence-electron chi connectivity index (χ1n) is 9.50.